The van der Waals surface area contributed by atoms with E-state index in [0.29, 0.717) is 13.0 Å². The van der Waals surface area contributed by atoms with Crippen LogP contribution in [-0.2, 0) is 36.7 Å². The molecule has 0 spiro atoms. The summed E-state index contributed by atoms with van der Waals surface area (Å²) in [6, 6.07) is 16.3. The largest absolute Gasteiger partial charge is 0.606 e. The summed E-state index contributed by atoms with van der Waals surface area (Å²) in [7, 11) is 0.754. The maximum atomic E-state index is 12.0. The van der Waals surface area contributed by atoms with Crippen LogP contribution >= 0.6 is 0 Å². The number of allylic oxidation sites excluding steroid dienone is 3. The van der Waals surface area contributed by atoms with Gasteiger partial charge in [0.25, 0.3) is 0 Å². The average molecular weight is 473 g/mol. The Balaban J connectivity index is 1.20. The van der Waals surface area contributed by atoms with Gasteiger partial charge in [0.2, 0.25) is 0 Å². The molecule has 35 heavy (non-hydrogen) atoms. The monoisotopic (exact) mass is 473 g/mol. The summed E-state index contributed by atoms with van der Waals surface area (Å²) in [5.74, 6) is 0.615. The first kappa shape index (κ1) is 23.2. The number of ether oxygens (including phenoxy) is 2. The van der Waals surface area contributed by atoms with Crippen molar-refractivity contribution in [3.63, 3.8) is 0 Å². The summed E-state index contributed by atoms with van der Waals surface area (Å²) in [6.07, 6.45) is 7.99. The Morgan fingerprint density at radius 3 is 2.51 bits per heavy atom. The minimum absolute atomic E-state index is 0.0506. The van der Waals surface area contributed by atoms with Gasteiger partial charge in [-0.05, 0) is 55.7 Å². The van der Waals surface area contributed by atoms with E-state index < -0.39 is 19.1 Å². The summed E-state index contributed by atoms with van der Waals surface area (Å²) in [4.78, 5) is 25.7. The first-order valence-corrected chi connectivity index (χ1v) is 12.0. The summed E-state index contributed by atoms with van der Waals surface area (Å²) in [5.41, 5.74) is 3.49. The molecule has 7 nitrogen and oxygen atoms in total. The molecule has 0 bridgehead atoms. The molecule has 3 aliphatic rings. The minimum atomic E-state index is -0.922. The van der Waals surface area contributed by atoms with E-state index in [0.717, 1.165) is 35.5 Å². The van der Waals surface area contributed by atoms with Gasteiger partial charge in [-0.3, -0.25) is 14.5 Å². The zero-order valence-corrected chi connectivity index (χ0v) is 19.7. The number of fused-ring (bicyclic) bond motifs is 1. The third-order valence-electron chi connectivity index (χ3n) is 6.43. The van der Waals surface area contributed by atoms with E-state index in [9.17, 15) is 9.59 Å². The lowest BCUT2D eigenvalue weighted by molar-refractivity contribution is -0.145. The van der Waals surface area contributed by atoms with Gasteiger partial charge >= 0.3 is 19.1 Å². The fourth-order valence-electron chi connectivity index (χ4n) is 4.68. The van der Waals surface area contributed by atoms with Crippen molar-refractivity contribution in [2.75, 3.05) is 20.1 Å². The highest BCUT2D eigenvalue weighted by Gasteiger charge is 2.39. The topological polar surface area (TPSA) is 74.3 Å². The Kier molecular flexibility index (Phi) is 6.90. The average Bonchev–Trinajstić information content (AvgIpc) is 3.26. The highest BCUT2D eigenvalue weighted by atomic mass is 16.6. The molecular weight excluding hydrogens is 445 g/mol. The van der Waals surface area contributed by atoms with Gasteiger partial charge in [-0.25, -0.2) is 0 Å². The first-order valence-electron chi connectivity index (χ1n) is 12.0. The second-order valence-corrected chi connectivity index (χ2v) is 9.13. The maximum absolute atomic E-state index is 12.0. The number of carbonyl (C=O) groups is 2. The standard InChI is InChI=1S/C27H28BNO6/c1-29-16-26(30)34-28(35-27(31)17-29)20-10-12-21(13-11-20)33-25-15-14-23-22(25)8-5-9-24(23)32-18-19-6-3-2-4-7-19/h2-10,12-13,20,25H,11,14-18H2,1H3. The molecule has 0 aromatic heterocycles. The summed E-state index contributed by atoms with van der Waals surface area (Å²) < 4.78 is 23.2. The fourth-order valence-corrected chi connectivity index (χ4v) is 4.68. The molecule has 2 unspecified atom stereocenters. The van der Waals surface area contributed by atoms with Crippen molar-refractivity contribution in [1.82, 2.24) is 4.90 Å². The highest BCUT2D eigenvalue weighted by molar-refractivity contribution is 6.51. The summed E-state index contributed by atoms with van der Waals surface area (Å²) in [6.45, 7) is 0.652. The number of likely N-dealkylation sites (N-methyl/N-ethyl adjacent to an activating group) is 1. The van der Waals surface area contributed by atoms with E-state index in [1.165, 1.54) is 5.56 Å². The van der Waals surface area contributed by atoms with Gasteiger partial charge in [0.05, 0.1) is 13.1 Å². The van der Waals surface area contributed by atoms with Crippen molar-refractivity contribution < 1.29 is 28.4 Å². The number of hydrogen-bond donors (Lipinski definition) is 0. The van der Waals surface area contributed by atoms with Crippen LogP contribution in [0.4, 0.5) is 0 Å². The van der Waals surface area contributed by atoms with Gasteiger partial charge in [0.1, 0.15) is 24.2 Å². The zero-order valence-electron chi connectivity index (χ0n) is 19.7. The van der Waals surface area contributed by atoms with Gasteiger partial charge < -0.3 is 18.8 Å². The molecule has 8 heteroatoms. The van der Waals surface area contributed by atoms with E-state index >= 15 is 0 Å². The number of hydrogen-bond acceptors (Lipinski definition) is 7. The Hall–Kier alpha value is -3.52. The van der Waals surface area contributed by atoms with Crippen LogP contribution < -0.4 is 4.74 Å². The molecule has 180 valence electrons. The number of carbonyl (C=O) groups excluding carboxylic acids is 2. The summed E-state index contributed by atoms with van der Waals surface area (Å²) in [5, 5.41) is 0. The molecule has 1 saturated heterocycles. The van der Waals surface area contributed by atoms with E-state index in [-0.39, 0.29) is 25.0 Å². The molecule has 2 aromatic carbocycles. The predicted octanol–water partition coefficient (Wildman–Crippen LogP) is 4.00. The summed E-state index contributed by atoms with van der Waals surface area (Å²) >= 11 is 0. The normalized spacial score (nSPS) is 22.4. The Morgan fingerprint density at radius 1 is 1.03 bits per heavy atom. The lowest BCUT2D eigenvalue weighted by Gasteiger charge is -2.26. The maximum Gasteiger partial charge on any atom is 0.606 e. The first-order chi connectivity index (χ1) is 17.0. The van der Waals surface area contributed by atoms with Crippen molar-refractivity contribution in [3.8, 4) is 5.75 Å². The van der Waals surface area contributed by atoms with E-state index in [1.807, 2.05) is 48.6 Å². The lowest BCUT2D eigenvalue weighted by Crippen LogP contribution is -2.44. The van der Waals surface area contributed by atoms with Gasteiger partial charge in [-0.2, -0.15) is 0 Å². The third-order valence-corrected chi connectivity index (χ3v) is 6.43. The molecule has 0 saturated carbocycles. The molecular formula is C27H28BNO6. The van der Waals surface area contributed by atoms with Crippen LogP contribution in [0.1, 0.15) is 35.6 Å². The minimum Gasteiger partial charge on any atom is -0.498 e. The smallest absolute Gasteiger partial charge is 0.498 e. The molecule has 5 rings (SSSR count). The van der Waals surface area contributed by atoms with Crippen molar-refractivity contribution >= 4 is 19.1 Å². The highest BCUT2D eigenvalue weighted by Crippen LogP contribution is 2.41. The molecule has 0 radical (unpaired) electrons. The number of nitrogens with zero attached hydrogens (tertiary/aromatic N) is 1. The Morgan fingerprint density at radius 2 is 1.80 bits per heavy atom. The Labute approximate surface area is 205 Å². The molecule has 1 heterocycles. The SMILES string of the molecule is CN1CC(=O)OB(C2C=CC(OC3CCc4c(OCc5ccccc5)cccc43)=CC2)OC(=O)C1. The van der Waals surface area contributed by atoms with Crippen molar-refractivity contribution in [1.29, 1.82) is 0 Å². The second-order valence-electron chi connectivity index (χ2n) is 9.13. The van der Waals surface area contributed by atoms with E-state index in [1.54, 1.807) is 11.9 Å². The van der Waals surface area contributed by atoms with E-state index in [4.69, 9.17) is 18.8 Å². The molecule has 0 N–H and O–H groups in total. The van der Waals surface area contributed by atoms with Crippen LogP contribution in [-0.4, -0.2) is 44.1 Å². The molecule has 0 amide bonds. The second kappa shape index (κ2) is 10.4. The molecule has 1 fully saturated rings. The van der Waals surface area contributed by atoms with Crippen molar-refractivity contribution in [2.24, 2.45) is 0 Å². The van der Waals surface area contributed by atoms with Gasteiger partial charge in [0, 0.05) is 11.4 Å². The molecule has 2 aromatic rings. The van der Waals surface area contributed by atoms with Crippen molar-refractivity contribution in [2.45, 2.75) is 37.8 Å². The van der Waals surface area contributed by atoms with Crippen LogP contribution in [0, 0.1) is 0 Å². The molecule has 2 aliphatic carbocycles. The predicted molar refractivity (Wildman–Crippen MR) is 130 cm³/mol. The number of rotatable bonds is 6. The quantitative estimate of drug-likeness (QED) is 0.588. The van der Waals surface area contributed by atoms with Crippen LogP contribution in [0.15, 0.2) is 72.5 Å². The fraction of sp³-hybridized carbons (Fsp3) is 0.333. The third kappa shape index (κ3) is 5.60. The van der Waals surface area contributed by atoms with Crippen LogP contribution in [0.2, 0.25) is 5.82 Å². The molecule has 1 aliphatic heterocycles. The molecule has 2 atom stereocenters. The Bertz CT molecular complexity index is 1130. The van der Waals surface area contributed by atoms with Gasteiger partial charge in [0.15, 0.2) is 0 Å². The van der Waals surface area contributed by atoms with Crippen LogP contribution in [0.25, 0.3) is 0 Å². The van der Waals surface area contributed by atoms with Crippen molar-refractivity contribution in [3.05, 3.63) is 89.2 Å². The number of benzene rings is 2. The van der Waals surface area contributed by atoms with Gasteiger partial charge in [-0.1, -0.05) is 48.5 Å². The van der Waals surface area contributed by atoms with Crippen LogP contribution in [0.5, 0.6) is 5.75 Å². The van der Waals surface area contributed by atoms with Gasteiger partial charge in [-0.15, -0.1) is 0 Å². The zero-order chi connectivity index (χ0) is 24.2. The van der Waals surface area contributed by atoms with E-state index in [2.05, 4.69) is 18.2 Å². The van der Waals surface area contributed by atoms with Crippen LogP contribution in [0.3, 0.4) is 0 Å². The lowest BCUT2D eigenvalue weighted by atomic mass is 9.68.